The van der Waals surface area contributed by atoms with E-state index in [0.717, 1.165) is 5.56 Å². The van der Waals surface area contributed by atoms with Gasteiger partial charge < -0.3 is 34.9 Å². The monoisotopic (exact) mass is 648 g/mol. The van der Waals surface area contributed by atoms with Crippen LogP contribution in [0, 0.1) is 17.8 Å². The third-order valence-corrected chi connectivity index (χ3v) is 11.4. The van der Waals surface area contributed by atoms with E-state index in [0.29, 0.717) is 19.8 Å². The van der Waals surface area contributed by atoms with Crippen molar-refractivity contribution in [1.29, 1.82) is 0 Å². The highest BCUT2D eigenvalue weighted by Crippen LogP contribution is 2.68. The molecule has 0 unspecified atom stereocenters. The van der Waals surface area contributed by atoms with E-state index in [4.69, 9.17) is 4.74 Å². The number of ether oxygens (including phenoxy) is 1. The van der Waals surface area contributed by atoms with E-state index in [2.05, 4.69) is 15.7 Å². The third kappa shape index (κ3) is 12.9. The van der Waals surface area contributed by atoms with Crippen molar-refractivity contribution in [3.8, 4) is 0 Å². The number of ketones is 1. The predicted octanol–water partition coefficient (Wildman–Crippen LogP) is 3.05. The standard InChI is InChI=1S/C27H46N4O10P2/c1-7-20(4)25(30-26(34)41-17-21-11-9-8-10-12-21)23(32)14-22(13-19(2)3)15-29-31(6)16-24(33)28-18-27(5,42(35,36)37)43(38,39)40/h8-12,15,19-20,22,25H,7,13-14,16-18H2,1-6H3,(H,28,33)(H,30,34)(H2,35,36,37)(H2,38,39,40)/b29-15+/t20-,22-,25-/m0/s1. The Labute approximate surface area is 253 Å². The zero-order valence-corrected chi connectivity index (χ0v) is 27.3. The molecule has 0 spiro atoms. The van der Waals surface area contributed by atoms with Crippen LogP contribution >= 0.6 is 15.2 Å². The van der Waals surface area contributed by atoms with E-state index < -0.39 is 44.7 Å². The van der Waals surface area contributed by atoms with Crippen LogP contribution in [0.3, 0.4) is 0 Å². The van der Waals surface area contributed by atoms with Crippen molar-refractivity contribution < 1.29 is 47.8 Å². The lowest BCUT2D eigenvalue weighted by Crippen LogP contribution is -2.46. The van der Waals surface area contributed by atoms with Crippen LogP contribution in [0.25, 0.3) is 0 Å². The van der Waals surface area contributed by atoms with E-state index in [-0.39, 0.29) is 43.1 Å². The van der Waals surface area contributed by atoms with E-state index >= 15 is 0 Å². The van der Waals surface area contributed by atoms with Crippen molar-refractivity contribution in [2.75, 3.05) is 20.1 Å². The van der Waals surface area contributed by atoms with Crippen molar-refractivity contribution in [3.63, 3.8) is 0 Å². The number of rotatable bonds is 18. The van der Waals surface area contributed by atoms with Gasteiger partial charge in [0.15, 0.2) is 10.7 Å². The SMILES string of the molecule is CC[C@H](C)[C@H](NC(=O)OCc1ccccc1)C(=O)C[C@@H](/C=N/N(C)CC(=O)NCC(C)(P(=O)(O)O)P(=O)(O)O)CC(C)C. The second-order valence-electron chi connectivity index (χ2n) is 11.3. The van der Waals surface area contributed by atoms with Crippen molar-refractivity contribution >= 4 is 39.2 Å². The minimum atomic E-state index is -5.29. The molecular weight excluding hydrogens is 602 g/mol. The molecule has 1 aromatic carbocycles. The molecule has 0 heterocycles. The van der Waals surface area contributed by atoms with E-state index in [1.165, 1.54) is 18.3 Å². The lowest BCUT2D eigenvalue weighted by atomic mass is 9.87. The molecular formula is C27H46N4O10P2. The van der Waals surface area contributed by atoms with Gasteiger partial charge >= 0.3 is 21.3 Å². The van der Waals surface area contributed by atoms with Gasteiger partial charge in [-0.05, 0) is 30.7 Å². The fourth-order valence-corrected chi connectivity index (χ4v) is 5.94. The number of likely N-dealkylation sites (N-methyl/N-ethyl adjacent to an activating group) is 1. The molecule has 1 rings (SSSR count). The molecule has 16 heteroatoms. The Kier molecular flexibility index (Phi) is 15.2. The zero-order valence-electron chi connectivity index (χ0n) is 25.5. The van der Waals surface area contributed by atoms with Crippen molar-refractivity contribution in [1.82, 2.24) is 15.6 Å². The number of Topliss-reactive ketones (excluding diaryl/α,β-unsaturated/α-hetero) is 1. The van der Waals surface area contributed by atoms with Gasteiger partial charge in [-0.25, -0.2) is 4.79 Å². The molecule has 2 amide bonds. The number of carbonyl (C=O) groups excluding carboxylic acids is 3. The van der Waals surface area contributed by atoms with E-state index in [9.17, 15) is 43.1 Å². The summed E-state index contributed by atoms with van der Waals surface area (Å²) in [6.45, 7) is 7.16. The highest BCUT2D eigenvalue weighted by molar-refractivity contribution is 7.72. The number of alkyl carbamates (subject to hydrolysis) is 1. The van der Waals surface area contributed by atoms with E-state index in [1.807, 2.05) is 58.0 Å². The number of benzene rings is 1. The Morgan fingerprint density at radius 2 is 1.65 bits per heavy atom. The maximum atomic E-state index is 13.4. The number of amides is 2. The summed E-state index contributed by atoms with van der Waals surface area (Å²) in [4.78, 5) is 73.2. The average Bonchev–Trinajstić information content (AvgIpc) is 2.90. The molecule has 0 aliphatic carbocycles. The Morgan fingerprint density at radius 1 is 1.07 bits per heavy atom. The van der Waals surface area contributed by atoms with Crippen LogP contribution in [0.1, 0.15) is 59.4 Å². The van der Waals surface area contributed by atoms with Gasteiger partial charge in [-0.15, -0.1) is 0 Å². The maximum Gasteiger partial charge on any atom is 0.408 e. The normalized spacial score (nSPS) is 14.7. The predicted molar refractivity (Wildman–Crippen MR) is 162 cm³/mol. The van der Waals surface area contributed by atoms with Gasteiger partial charge in [0, 0.05) is 32.1 Å². The average molecular weight is 649 g/mol. The van der Waals surface area contributed by atoms with Crippen LogP contribution in [-0.4, -0.2) is 79.7 Å². The van der Waals surface area contributed by atoms with Crippen LogP contribution in [-0.2, 0) is 30.1 Å². The molecule has 244 valence electrons. The van der Waals surface area contributed by atoms with Crippen LogP contribution < -0.4 is 10.6 Å². The van der Waals surface area contributed by atoms with Crippen LogP contribution in [0.2, 0.25) is 0 Å². The molecule has 0 fully saturated rings. The van der Waals surface area contributed by atoms with Crippen LogP contribution in [0.4, 0.5) is 4.79 Å². The second-order valence-corrected chi connectivity index (χ2v) is 15.8. The first-order valence-corrected chi connectivity index (χ1v) is 17.2. The van der Waals surface area contributed by atoms with Gasteiger partial charge in [0.2, 0.25) is 5.91 Å². The number of hydrogen-bond acceptors (Lipinski definition) is 8. The van der Waals surface area contributed by atoms with Gasteiger partial charge in [-0.1, -0.05) is 64.4 Å². The van der Waals surface area contributed by atoms with Gasteiger partial charge in [0.1, 0.15) is 13.2 Å². The van der Waals surface area contributed by atoms with Gasteiger partial charge in [0.25, 0.3) is 0 Å². The molecule has 0 aliphatic rings. The minimum Gasteiger partial charge on any atom is -0.445 e. The maximum absolute atomic E-state index is 13.4. The summed E-state index contributed by atoms with van der Waals surface area (Å²) in [6, 6.07) is 8.38. The number of nitrogens with zero attached hydrogens (tertiary/aromatic N) is 2. The molecule has 0 aliphatic heterocycles. The molecule has 6 N–H and O–H groups in total. The molecule has 3 atom stereocenters. The first-order chi connectivity index (χ1) is 19.8. The Hall–Kier alpha value is -2.60. The Balaban J connectivity index is 2.86. The van der Waals surface area contributed by atoms with Gasteiger partial charge in [-0.2, -0.15) is 5.10 Å². The number of hydrogen-bond donors (Lipinski definition) is 6. The summed E-state index contributed by atoms with van der Waals surface area (Å²) in [6.07, 6.45) is 2.12. The first kappa shape index (κ1) is 38.4. The van der Waals surface area contributed by atoms with Crippen molar-refractivity contribution in [2.24, 2.45) is 22.9 Å². The Bertz CT molecular complexity index is 1160. The highest BCUT2D eigenvalue weighted by atomic mass is 31.2. The summed E-state index contributed by atoms with van der Waals surface area (Å²) >= 11 is 0. The largest absolute Gasteiger partial charge is 0.445 e. The molecule has 0 saturated heterocycles. The van der Waals surface area contributed by atoms with Crippen LogP contribution in [0.5, 0.6) is 0 Å². The molecule has 0 bridgehead atoms. The third-order valence-electron chi connectivity index (χ3n) is 7.01. The minimum absolute atomic E-state index is 0.0640. The molecule has 1 aromatic rings. The summed E-state index contributed by atoms with van der Waals surface area (Å²) < 4.78 is 28.7. The zero-order chi connectivity index (χ0) is 33.0. The lowest BCUT2D eigenvalue weighted by Gasteiger charge is -2.31. The van der Waals surface area contributed by atoms with E-state index in [1.54, 1.807) is 0 Å². The summed E-state index contributed by atoms with van der Waals surface area (Å²) in [7, 11) is -9.11. The second kappa shape index (κ2) is 17.0. The smallest absolute Gasteiger partial charge is 0.408 e. The van der Waals surface area contributed by atoms with Crippen molar-refractivity contribution in [2.45, 2.75) is 71.4 Å². The van der Waals surface area contributed by atoms with Gasteiger partial charge in [0.05, 0.1) is 6.04 Å². The van der Waals surface area contributed by atoms with Crippen LogP contribution in [0.15, 0.2) is 35.4 Å². The molecule has 43 heavy (non-hydrogen) atoms. The molecule has 0 saturated carbocycles. The van der Waals surface area contributed by atoms with Crippen molar-refractivity contribution in [3.05, 3.63) is 35.9 Å². The fourth-order valence-electron chi connectivity index (χ4n) is 4.01. The summed E-state index contributed by atoms with van der Waals surface area (Å²) in [5, 5.41) is 10.3. The highest BCUT2D eigenvalue weighted by Gasteiger charge is 2.56. The summed E-state index contributed by atoms with van der Waals surface area (Å²) in [5.74, 6) is -1.27. The molecule has 0 radical (unpaired) electrons. The quantitative estimate of drug-likeness (QED) is 0.0773. The molecule has 0 aromatic heterocycles. The number of carbonyl (C=O) groups is 3. The Morgan fingerprint density at radius 3 is 2.16 bits per heavy atom. The molecule has 14 nitrogen and oxygen atoms in total. The lowest BCUT2D eigenvalue weighted by molar-refractivity contribution is -0.123. The fraction of sp³-hybridized carbons (Fsp3) is 0.630. The van der Waals surface area contributed by atoms with Gasteiger partial charge in [-0.3, -0.25) is 23.7 Å². The first-order valence-electron chi connectivity index (χ1n) is 13.9. The number of nitrogens with one attached hydrogen (secondary N) is 2. The summed E-state index contributed by atoms with van der Waals surface area (Å²) in [5.41, 5.74) is 0.813. The number of hydrazone groups is 1. The topological polar surface area (TPSA) is 215 Å².